The van der Waals surface area contributed by atoms with E-state index in [-0.39, 0.29) is 29.9 Å². The lowest BCUT2D eigenvalue weighted by Crippen LogP contribution is -2.63. The molecule has 2 amide bonds. The zero-order valence-corrected chi connectivity index (χ0v) is 13.0. The van der Waals surface area contributed by atoms with Crippen molar-refractivity contribution in [3.05, 3.63) is 35.9 Å². The maximum atomic E-state index is 12.8. The summed E-state index contributed by atoms with van der Waals surface area (Å²) >= 11 is 0. The van der Waals surface area contributed by atoms with Gasteiger partial charge in [0.2, 0.25) is 11.8 Å². The van der Waals surface area contributed by atoms with Gasteiger partial charge in [0.05, 0.1) is 6.04 Å². The van der Waals surface area contributed by atoms with Gasteiger partial charge in [0, 0.05) is 0 Å². The van der Waals surface area contributed by atoms with Gasteiger partial charge in [-0.1, -0.05) is 50.6 Å². The van der Waals surface area contributed by atoms with Crippen LogP contribution in [0.2, 0.25) is 0 Å². The molecule has 1 saturated heterocycles. The monoisotopic (exact) mass is 288 g/mol. The van der Waals surface area contributed by atoms with Gasteiger partial charge in [-0.15, -0.1) is 0 Å². The zero-order chi connectivity index (χ0) is 15.4. The molecule has 0 radical (unpaired) electrons. The van der Waals surface area contributed by atoms with Crippen molar-refractivity contribution < 1.29 is 9.59 Å². The van der Waals surface area contributed by atoms with Crippen LogP contribution >= 0.6 is 0 Å². The third kappa shape index (κ3) is 3.09. The molecule has 4 heteroatoms. The Labute approximate surface area is 126 Å². The Balaban J connectivity index is 2.31. The van der Waals surface area contributed by atoms with Gasteiger partial charge in [0.1, 0.15) is 12.1 Å². The highest BCUT2D eigenvalue weighted by atomic mass is 16.2. The molecule has 0 aromatic heterocycles. The number of carbonyl (C=O) groups is 2. The van der Waals surface area contributed by atoms with Gasteiger partial charge >= 0.3 is 0 Å². The summed E-state index contributed by atoms with van der Waals surface area (Å²) in [5.74, 6) is 0.0120. The van der Waals surface area contributed by atoms with E-state index in [9.17, 15) is 9.59 Å². The van der Waals surface area contributed by atoms with E-state index in [0.717, 1.165) is 12.0 Å². The fourth-order valence-electron chi connectivity index (χ4n) is 3.01. The number of hydrogen-bond donors (Lipinski definition) is 1. The standard InChI is InChI=1S/C17H24N2O2/c1-4-9-14-17(21)19(15(5-2)16(20)18-14)12(3)13-10-7-6-8-11-13/h6-8,10-12,14-15H,4-5,9H2,1-3H3,(H,18,20). The highest BCUT2D eigenvalue weighted by Gasteiger charge is 2.41. The normalized spacial score (nSPS) is 23.9. The van der Waals surface area contributed by atoms with Crippen LogP contribution in [0.15, 0.2) is 30.3 Å². The number of hydrogen-bond acceptors (Lipinski definition) is 2. The van der Waals surface area contributed by atoms with E-state index in [1.165, 1.54) is 0 Å². The number of nitrogens with one attached hydrogen (secondary N) is 1. The number of nitrogens with zero attached hydrogens (tertiary/aromatic N) is 1. The third-order valence-electron chi connectivity index (χ3n) is 4.17. The average molecular weight is 288 g/mol. The molecule has 3 atom stereocenters. The number of benzene rings is 1. The Kier molecular flexibility index (Phi) is 4.99. The smallest absolute Gasteiger partial charge is 0.246 e. The summed E-state index contributed by atoms with van der Waals surface area (Å²) < 4.78 is 0. The molecule has 114 valence electrons. The third-order valence-corrected chi connectivity index (χ3v) is 4.17. The molecule has 0 aliphatic carbocycles. The van der Waals surface area contributed by atoms with Crippen molar-refractivity contribution in [1.29, 1.82) is 0 Å². The predicted molar refractivity (Wildman–Crippen MR) is 82.6 cm³/mol. The number of amides is 2. The van der Waals surface area contributed by atoms with E-state index >= 15 is 0 Å². The molecule has 1 aliphatic rings. The van der Waals surface area contributed by atoms with Gasteiger partial charge in [0.15, 0.2) is 0 Å². The van der Waals surface area contributed by atoms with Gasteiger partial charge < -0.3 is 10.2 Å². The minimum atomic E-state index is -0.378. The molecule has 4 nitrogen and oxygen atoms in total. The second-order valence-electron chi connectivity index (χ2n) is 5.61. The number of rotatable bonds is 5. The van der Waals surface area contributed by atoms with Crippen molar-refractivity contribution in [2.75, 3.05) is 0 Å². The second-order valence-corrected chi connectivity index (χ2v) is 5.61. The summed E-state index contributed by atoms with van der Waals surface area (Å²) in [6.45, 7) is 5.97. The Morgan fingerprint density at radius 3 is 2.43 bits per heavy atom. The first-order chi connectivity index (χ1) is 10.1. The first-order valence-corrected chi connectivity index (χ1v) is 7.77. The highest BCUT2D eigenvalue weighted by Crippen LogP contribution is 2.27. The Morgan fingerprint density at radius 2 is 1.86 bits per heavy atom. The maximum absolute atomic E-state index is 12.8. The van der Waals surface area contributed by atoms with Gasteiger partial charge in [-0.3, -0.25) is 9.59 Å². The molecule has 3 unspecified atom stereocenters. The van der Waals surface area contributed by atoms with Crippen LogP contribution in [-0.4, -0.2) is 28.8 Å². The van der Waals surface area contributed by atoms with Crippen molar-refractivity contribution in [3.8, 4) is 0 Å². The molecule has 21 heavy (non-hydrogen) atoms. The summed E-state index contributed by atoms with van der Waals surface area (Å²) in [6, 6.07) is 9.05. The van der Waals surface area contributed by atoms with Crippen molar-refractivity contribution in [1.82, 2.24) is 10.2 Å². The summed E-state index contributed by atoms with van der Waals surface area (Å²) in [6.07, 6.45) is 2.20. The Bertz CT molecular complexity index is 501. The van der Waals surface area contributed by atoms with Crippen LogP contribution in [0.1, 0.15) is 51.6 Å². The zero-order valence-electron chi connectivity index (χ0n) is 13.0. The summed E-state index contributed by atoms with van der Waals surface area (Å²) in [7, 11) is 0. The minimum Gasteiger partial charge on any atom is -0.343 e. The quantitative estimate of drug-likeness (QED) is 0.905. The highest BCUT2D eigenvalue weighted by molar-refractivity contribution is 5.97. The van der Waals surface area contributed by atoms with Crippen molar-refractivity contribution in [2.45, 2.75) is 58.2 Å². The van der Waals surface area contributed by atoms with Crippen LogP contribution in [0.5, 0.6) is 0 Å². The molecular weight excluding hydrogens is 264 g/mol. The fourth-order valence-corrected chi connectivity index (χ4v) is 3.01. The van der Waals surface area contributed by atoms with Crippen LogP contribution in [0.4, 0.5) is 0 Å². The molecule has 1 heterocycles. The molecule has 1 aliphatic heterocycles. The van der Waals surface area contributed by atoms with E-state index in [1.807, 2.05) is 51.1 Å². The number of piperazine rings is 1. The van der Waals surface area contributed by atoms with E-state index in [0.29, 0.717) is 12.8 Å². The van der Waals surface area contributed by atoms with Gasteiger partial charge in [-0.05, 0) is 25.3 Å². The fraction of sp³-hybridized carbons (Fsp3) is 0.529. The van der Waals surface area contributed by atoms with Crippen molar-refractivity contribution in [3.63, 3.8) is 0 Å². The van der Waals surface area contributed by atoms with E-state index in [2.05, 4.69) is 5.32 Å². The lowest BCUT2D eigenvalue weighted by molar-refractivity contribution is -0.152. The van der Waals surface area contributed by atoms with Crippen LogP contribution in [0, 0.1) is 0 Å². The molecule has 1 aromatic rings. The SMILES string of the molecule is CCCC1NC(=O)C(CC)N(C(C)c2ccccc2)C1=O. The van der Waals surface area contributed by atoms with E-state index in [1.54, 1.807) is 4.90 Å². The first kappa shape index (κ1) is 15.5. The number of carbonyl (C=O) groups excluding carboxylic acids is 2. The molecule has 1 aromatic carbocycles. The van der Waals surface area contributed by atoms with Crippen LogP contribution in [0.25, 0.3) is 0 Å². The summed E-state index contributed by atoms with van der Waals surface area (Å²) in [5.41, 5.74) is 1.06. The topological polar surface area (TPSA) is 49.4 Å². The maximum Gasteiger partial charge on any atom is 0.246 e. The average Bonchev–Trinajstić information content (AvgIpc) is 2.50. The Morgan fingerprint density at radius 1 is 1.19 bits per heavy atom. The first-order valence-electron chi connectivity index (χ1n) is 7.77. The second kappa shape index (κ2) is 6.74. The Hall–Kier alpha value is -1.84. The van der Waals surface area contributed by atoms with Gasteiger partial charge in [-0.2, -0.15) is 0 Å². The molecular formula is C17H24N2O2. The molecule has 1 N–H and O–H groups in total. The van der Waals surface area contributed by atoms with Crippen LogP contribution in [0.3, 0.4) is 0 Å². The largest absolute Gasteiger partial charge is 0.343 e. The molecule has 0 spiro atoms. The van der Waals surface area contributed by atoms with E-state index in [4.69, 9.17) is 0 Å². The summed E-state index contributed by atoms with van der Waals surface area (Å²) in [5, 5.41) is 2.87. The van der Waals surface area contributed by atoms with Crippen LogP contribution in [-0.2, 0) is 9.59 Å². The minimum absolute atomic E-state index is 0.0293. The molecule has 0 saturated carbocycles. The van der Waals surface area contributed by atoms with Crippen LogP contribution < -0.4 is 5.32 Å². The van der Waals surface area contributed by atoms with Gasteiger partial charge in [0.25, 0.3) is 0 Å². The molecule has 1 fully saturated rings. The van der Waals surface area contributed by atoms with Crippen molar-refractivity contribution >= 4 is 11.8 Å². The lowest BCUT2D eigenvalue weighted by atomic mass is 9.97. The lowest BCUT2D eigenvalue weighted by Gasteiger charge is -2.42. The molecule has 0 bridgehead atoms. The molecule has 2 rings (SSSR count). The van der Waals surface area contributed by atoms with E-state index < -0.39 is 0 Å². The van der Waals surface area contributed by atoms with Crippen molar-refractivity contribution in [2.24, 2.45) is 0 Å². The summed E-state index contributed by atoms with van der Waals surface area (Å²) in [4.78, 5) is 26.8. The van der Waals surface area contributed by atoms with Gasteiger partial charge in [-0.25, -0.2) is 0 Å². The predicted octanol–water partition coefficient (Wildman–Crippen LogP) is 2.65.